The number of nitrogens with zero attached hydrogens (tertiary/aromatic N) is 1. The predicted molar refractivity (Wildman–Crippen MR) is 78.4 cm³/mol. The molecule has 0 bridgehead atoms. The first-order valence-electron chi connectivity index (χ1n) is 6.30. The highest BCUT2D eigenvalue weighted by Gasteiger charge is 2.31. The van der Waals surface area contributed by atoms with Crippen molar-refractivity contribution in [2.45, 2.75) is 51.7 Å². The van der Waals surface area contributed by atoms with E-state index >= 15 is 0 Å². The summed E-state index contributed by atoms with van der Waals surface area (Å²) in [6.45, 7) is 5.33. The third kappa shape index (κ3) is 3.68. The fourth-order valence-electron chi connectivity index (χ4n) is 1.72. The fraction of sp³-hybridized carbons (Fsp3) is 0.615. The van der Waals surface area contributed by atoms with Gasteiger partial charge in [0.05, 0.1) is 6.54 Å². The zero-order chi connectivity index (χ0) is 12.3. The molecule has 0 aromatic carbocycles. The van der Waals surface area contributed by atoms with E-state index in [1.165, 1.54) is 17.7 Å². The summed E-state index contributed by atoms with van der Waals surface area (Å²) in [4.78, 5) is 3.75. The van der Waals surface area contributed by atoms with Crippen LogP contribution in [0.2, 0.25) is 0 Å². The zero-order valence-corrected chi connectivity index (χ0v) is 12.1. The summed E-state index contributed by atoms with van der Waals surface area (Å²) in [6.07, 6.45) is 3.68. The lowest BCUT2D eigenvalue weighted by Crippen LogP contribution is -2.44. The van der Waals surface area contributed by atoms with Crippen LogP contribution in [0, 0.1) is 0 Å². The molecule has 1 heterocycles. The highest BCUT2D eigenvalue weighted by atomic mass is 32.1. The lowest BCUT2D eigenvalue weighted by atomic mass is 10.3. The summed E-state index contributed by atoms with van der Waals surface area (Å²) in [5, 5.41) is 6.48. The summed E-state index contributed by atoms with van der Waals surface area (Å²) in [7, 11) is 0. The molecule has 1 aliphatic carbocycles. The molecule has 0 spiro atoms. The molecule has 1 atom stereocenters. The van der Waals surface area contributed by atoms with E-state index < -0.39 is 0 Å². The highest BCUT2D eigenvalue weighted by Crippen LogP contribution is 2.29. The van der Waals surface area contributed by atoms with E-state index in [1.807, 2.05) is 11.3 Å². The Morgan fingerprint density at radius 3 is 2.94 bits per heavy atom. The molecule has 0 amide bonds. The average Bonchev–Trinajstić information content (AvgIpc) is 3.03. The van der Waals surface area contributed by atoms with Gasteiger partial charge in [0, 0.05) is 17.0 Å². The Kier molecular flexibility index (Phi) is 4.40. The topological polar surface area (TPSA) is 15.3 Å². The SMILES string of the molecule is CCC(C)NC(=S)N(Cc1cccs1)C1CC1. The lowest BCUT2D eigenvalue weighted by Gasteiger charge is -2.27. The van der Waals surface area contributed by atoms with Gasteiger partial charge < -0.3 is 10.2 Å². The van der Waals surface area contributed by atoms with Crippen molar-refractivity contribution in [1.82, 2.24) is 10.2 Å². The Morgan fingerprint density at radius 1 is 1.65 bits per heavy atom. The van der Waals surface area contributed by atoms with Crippen molar-refractivity contribution in [3.8, 4) is 0 Å². The second-order valence-corrected chi connectivity index (χ2v) is 6.12. The zero-order valence-electron chi connectivity index (χ0n) is 10.5. The number of thiocarbonyl (C=S) groups is 1. The van der Waals surface area contributed by atoms with Gasteiger partial charge in [0.15, 0.2) is 5.11 Å². The molecule has 0 radical (unpaired) electrons. The second kappa shape index (κ2) is 5.83. The van der Waals surface area contributed by atoms with Crippen molar-refractivity contribution in [3.63, 3.8) is 0 Å². The summed E-state index contributed by atoms with van der Waals surface area (Å²) >= 11 is 7.34. The summed E-state index contributed by atoms with van der Waals surface area (Å²) in [6, 6.07) is 5.43. The number of thiophene rings is 1. The van der Waals surface area contributed by atoms with E-state index in [-0.39, 0.29) is 0 Å². The molecule has 2 nitrogen and oxygen atoms in total. The monoisotopic (exact) mass is 268 g/mol. The molecule has 1 N–H and O–H groups in total. The maximum absolute atomic E-state index is 5.53. The van der Waals surface area contributed by atoms with Crippen molar-refractivity contribution in [1.29, 1.82) is 0 Å². The van der Waals surface area contributed by atoms with Crippen molar-refractivity contribution in [2.75, 3.05) is 0 Å². The molecule has 1 aliphatic rings. The average molecular weight is 268 g/mol. The molecular weight excluding hydrogens is 248 g/mol. The molecule has 0 aliphatic heterocycles. The van der Waals surface area contributed by atoms with Gasteiger partial charge >= 0.3 is 0 Å². The first kappa shape index (κ1) is 12.8. The molecule has 1 saturated carbocycles. The minimum Gasteiger partial charge on any atom is -0.360 e. The third-order valence-corrected chi connectivity index (χ3v) is 4.35. The van der Waals surface area contributed by atoms with Gasteiger partial charge in [-0.3, -0.25) is 0 Å². The first-order chi connectivity index (χ1) is 8.20. The largest absolute Gasteiger partial charge is 0.360 e. The lowest BCUT2D eigenvalue weighted by molar-refractivity contribution is 0.392. The van der Waals surface area contributed by atoms with Crippen LogP contribution in [0.15, 0.2) is 17.5 Å². The van der Waals surface area contributed by atoms with Gasteiger partial charge in [0.25, 0.3) is 0 Å². The maximum atomic E-state index is 5.53. The minimum absolute atomic E-state index is 0.465. The molecule has 17 heavy (non-hydrogen) atoms. The van der Waals surface area contributed by atoms with Gasteiger partial charge in [-0.2, -0.15) is 0 Å². The number of hydrogen-bond donors (Lipinski definition) is 1. The van der Waals surface area contributed by atoms with Crippen LogP contribution in [-0.2, 0) is 6.54 Å². The van der Waals surface area contributed by atoms with Crippen LogP contribution in [-0.4, -0.2) is 22.1 Å². The molecule has 1 fully saturated rings. The van der Waals surface area contributed by atoms with Crippen molar-refractivity contribution < 1.29 is 0 Å². The first-order valence-corrected chi connectivity index (χ1v) is 7.59. The highest BCUT2D eigenvalue weighted by molar-refractivity contribution is 7.80. The fourth-order valence-corrected chi connectivity index (χ4v) is 2.84. The van der Waals surface area contributed by atoms with E-state index in [0.717, 1.165) is 18.1 Å². The van der Waals surface area contributed by atoms with Crippen LogP contribution in [0.4, 0.5) is 0 Å². The van der Waals surface area contributed by atoms with Crippen LogP contribution in [0.5, 0.6) is 0 Å². The summed E-state index contributed by atoms with van der Waals surface area (Å²) < 4.78 is 0. The smallest absolute Gasteiger partial charge is 0.169 e. The standard InChI is InChI=1S/C13H20N2S2/c1-3-10(2)14-13(16)15(11-6-7-11)9-12-5-4-8-17-12/h4-5,8,10-11H,3,6-7,9H2,1-2H3,(H,14,16). The van der Waals surface area contributed by atoms with Crippen LogP contribution in [0.1, 0.15) is 38.0 Å². The van der Waals surface area contributed by atoms with E-state index in [1.54, 1.807) is 0 Å². The van der Waals surface area contributed by atoms with Crippen molar-refractivity contribution in [3.05, 3.63) is 22.4 Å². The number of rotatable bonds is 5. The van der Waals surface area contributed by atoms with Gasteiger partial charge in [-0.05, 0) is 49.9 Å². The molecule has 1 aromatic rings. The molecule has 0 saturated heterocycles. The van der Waals surface area contributed by atoms with E-state index in [2.05, 4.69) is 41.6 Å². The van der Waals surface area contributed by atoms with E-state index in [0.29, 0.717) is 12.1 Å². The molecule has 4 heteroatoms. The van der Waals surface area contributed by atoms with Crippen molar-refractivity contribution >= 4 is 28.7 Å². The normalized spacial score (nSPS) is 16.6. The minimum atomic E-state index is 0.465. The Balaban J connectivity index is 1.94. The summed E-state index contributed by atoms with van der Waals surface area (Å²) in [5.74, 6) is 0. The van der Waals surface area contributed by atoms with Crippen LogP contribution in [0.3, 0.4) is 0 Å². The third-order valence-electron chi connectivity index (χ3n) is 3.14. The Morgan fingerprint density at radius 2 is 2.41 bits per heavy atom. The quantitative estimate of drug-likeness (QED) is 0.824. The van der Waals surface area contributed by atoms with Crippen molar-refractivity contribution in [2.24, 2.45) is 0 Å². The van der Waals surface area contributed by atoms with Gasteiger partial charge in [-0.25, -0.2) is 0 Å². The van der Waals surface area contributed by atoms with E-state index in [9.17, 15) is 0 Å². The summed E-state index contributed by atoms with van der Waals surface area (Å²) in [5.41, 5.74) is 0. The maximum Gasteiger partial charge on any atom is 0.169 e. The van der Waals surface area contributed by atoms with Gasteiger partial charge in [0.1, 0.15) is 0 Å². The number of nitrogens with one attached hydrogen (secondary N) is 1. The van der Waals surface area contributed by atoms with Gasteiger partial charge in [-0.15, -0.1) is 11.3 Å². The molecule has 94 valence electrons. The Labute approximate surface area is 113 Å². The van der Waals surface area contributed by atoms with E-state index in [4.69, 9.17) is 12.2 Å². The number of hydrogen-bond acceptors (Lipinski definition) is 2. The molecule has 1 aromatic heterocycles. The van der Waals surface area contributed by atoms with Crippen LogP contribution < -0.4 is 5.32 Å². The second-order valence-electron chi connectivity index (χ2n) is 4.70. The molecular formula is C13H20N2S2. The molecule has 2 rings (SSSR count). The van der Waals surface area contributed by atoms with Crippen LogP contribution in [0.25, 0.3) is 0 Å². The predicted octanol–water partition coefficient (Wildman–Crippen LogP) is 3.39. The Bertz CT molecular complexity index is 358. The van der Waals surface area contributed by atoms with Gasteiger partial charge in [0.2, 0.25) is 0 Å². The Hall–Kier alpha value is -0.610. The van der Waals surface area contributed by atoms with Crippen LogP contribution >= 0.6 is 23.6 Å². The molecule has 1 unspecified atom stereocenters. The van der Waals surface area contributed by atoms with Gasteiger partial charge in [-0.1, -0.05) is 13.0 Å².